The topological polar surface area (TPSA) is 48.2 Å². The zero-order valence-corrected chi connectivity index (χ0v) is 14.7. The van der Waals surface area contributed by atoms with Crippen molar-refractivity contribution in [3.63, 3.8) is 0 Å². The van der Waals surface area contributed by atoms with Gasteiger partial charge in [-0.25, -0.2) is 0 Å². The number of hydrogen-bond donors (Lipinski definition) is 0. The maximum absolute atomic E-state index is 5.77. The van der Waals surface area contributed by atoms with E-state index in [9.17, 15) is 0 Å². The van der Waals surface area contributed by atoms with Crippen molar-refractivity contribution < 1.29 is 9.15 Å². The molecule has 4 nitrogen and oxygen atoms in total. The first kappa shape index (κ1) is 15.9. The molecule has 3 rings (SSSR count). The summed E-state index contributed by atoms with van der Waals surface area (Å²) in [6.07, 6.45) is 6.24. The number of rotatable bonds is 6. The third kappa shape index (κ3) is 4.49. The Balaban J connectivity index is 1.42. The predicted molar refractivity (Wildman–Crippen MR) is 90.5 cm³/mol. The summed E-state index contributed by atoms with van der Waals surface area (Å²) in [5.74, 6) is 2.95. The lowest BCUT2D eigenvalue weighted by atomic mass is 9.89. The van der Waals surface area contributed by atoms with Crippen LogP contribution in [0, 0.1) is 0 Å². The first-order chi connectivity index (χ1) is 10.8. The van der Waals surface area contributed by atoms with E-state index in [2.05, 4.69) is 26.1 Å². The summed E-state index contributed by atoms with van der Waals surface area (Å²) in [7, 11) is 0. The standard InChI is InChI=1S/C16H19BrN2O2S/c17-13-6-8-14(9-7-13)20-10-11-22-16-19-18-15(21-16)12-4-2-1-3-5-12/h6-9,12H,1-5,10-11H2. The van der Waals surface area contributed by atoms with Crippen LogP contribution in [0.2, 0.25) is 0 Å². The van der Waals surface area contributed by atoms with Crippen LogP contribution >= 0.6 is 27.7 Å². The van der Waals surface area contributed by atoms with E-state index in [4.69, 9.17) is 9.15 Å². The van der Waals surface area contributed by atoms with Gasteiger partial charge in [0, 0.05) is 16.1 Å². The fourth-order valence-electron chi connectivity index (χ4n) is 2.61. The summed E-state index contributed by atoms with van der Waals surface area (Å²) in [6, 6.07) is 7.83. The molecule has 0 radical (unpaired) electrons. The van der Waals surface area contributed by atoms with Crippen LogP contribution in [0.1, 0.15) is 43.9 Å². The van der Waals surface area contributed by atoms with E-state index in [0.29, 0.717) is 17.7 Å². The zero-order valence-electron chi connectivity index (χ0n) is 12.3. The minimum absolute atomic E-state index is 0.467. The van der Waals surface area contributed by atoms with Gasteiger partial charge >= 0.3 is 0 Å². The first-order valence-corrected chi connectivity index (χ1v) is 9.44. The third-order valence-corrected chi connectivity index (χ3v) is 5.08. The molecule has 0 saturated heterocycles. The number of benzene rings is 1. The van der Waals surface area contributed by atoms with Crippen molar-refractivity contribution in [3.05, 3.63) is 34.6 Å². The fraction of sp³-hybridized carbons (Fsp3) is 0.500. The third-order valence-electron chi connectivity index (χ3n) is 3.77. The summed E-state index contributed by atoms with van der Waals surface area (Å²) >= 11 is 4.96. The fourth-order valence-corrected chi connectivity index (χ4v) is 3.46. The van der Waals surface area contributed by atoms with Crippen LogP contribution in [0.15, 0.2) is 38.4 Å². The van der Waals surface area contributed by atoms with Gasteiger partial charge in [-0.15, -0.1) is 10.2 Å². The van der Waals surface area contributed by atoms with E-state index in [1.54, 1.807) is 11.8 Å². The summed E-state index contributed by atoms with van der Waals surface area (Å²) in [6.45, 7) is 0.618. The molecule has 0 aliphatic heterocycles. The molecule has 1 fully saturated rings. The molecule has 1 heterocycles. The zero-order chi connectivity index (χ0) is 15.2. The molecule has 1 saturated carbocycles. The van der Waals surface area contributed by atoms with Gasteiger partial charge in [0.2, 0.25) is 5.89 Å². The van der Waals surface area contributed by atoms with Crippen molar-refractivity contribution in [2.45, 2.75) is 43.2 Å². The van der Waals surface area contributed by atoms with Crippen LogP contribution in [0.4, 0.5) is 0 Å². The second-order valence-electron chi connectivity index (χ2n) is 5.39. The molecule has 0 bridgehead atoms. The van der Waals surface area contributed by atoms with Crippen molar-refractivity contribution in [1.82, 2.24) is 10.2 Å². The molecule has 6 heteroatoms. The number of hydrogen-bond acceptors (Lipinski definition) is 5. The second kappa shape index (κ2) is 8.02. The molecule has 2 aromatic rings. The molecule has 0 unspecified atom stereocenters. The molecule has 1 aromatic carbocycles. The number of nitrogens with zero attached hydrogens (tertiary/aromatic N) is 2. The highest BCUT2D eigenvalue weighted by atomic mass is 79.9. The highest BCUT2D eigenvalue weighted by molar-refractivity contribution is 9.10. The Morgan fingerprint density at radius 3 is 2.68 bits per heavy atom. The largest absolute Gasteiger partial charge is 0.493 e. The lowest BCUT2D eigenvalue weighted by Gasteiger charge is -2.17. The van der Waals surface area contributed by atoms with Gasteiger partial charge in [-0.3, -0.25) is 0 Å². The highest BCUT2D eigenvalue weighted by Gasteiger charge is 2.21. The van der Waals surface area contributed by atoms with E-state index in [0.717, 1.165) is 21.9 Å². The van der Waals surface area contributed by atoms with Gasteiger partial charge in [0.15, 0.2) is 0 Å². The van der Waals surface area contributed by atoms with Gasteiger partial charge in [-0.2, -0.15) is 0 Å². The molecule has 0 atom stereocenters. The summed E-state index contributed by atoms with van der Waals surface area (Å²) in [5, 5.41) is 8.99. The van der Waals surface area contributed by atoms with Crippen molar-refractivity contribution >= 4 is 27.7 Å². The average molecular weight is 383 g/mol. The Morgan fingerprint density at radius 1 is 1.14 bits per heavy atom. The van der Waals surface area contributed by atoms with Crippen molar-refractivity contribution in [3.8, 4) is 5.75 Å². The molecule has 1 aromatic heterocycles. The van der Waals surface area contributed by atoms with Crippen molar-refractivity contribution in [2.24, 2.45) is 0 Å². The Kier molecular flexibility index (Phi) is 5.78. The number of thioether (sulfide) groups is 1. The van der Waals surface area contributed by atoms with Crippen molar-refractivity contribution in [2.75, 3.05) is 12.4 Å². The molecule has 1 aliphatic carbocycles. The smallest absolute Gasteiger partial charge is 0.276 e. The maximum atomic E-state index is 5.77. The SMILES string of the molecule is Brc1ccc(OCCSc2nnc(C3CCCCC3)o2)cc1. The first-order valence-electron chi connectivity index (χ1n) is 7.66. The van der Waals surface area contributed by atoms with E-state index < -0.39 is 0 Å². The summed E-state index contributed by atoms with van der Waals surface area (Å²) < 4.78 is 12.5. The Hall–Kier alpha value is -1.01. The Morgan fingerprint density at radius 2 is 1.91 bits per heavy atom. The molecule has 0 N–H and O–H groups in total. The average Bonchev–Trinajstić information content (AvgIpc) is 3.03. The highest BCUT2D eigenvalue weighted by Crippen LogP contribution is 2.32. The van der Waals surface area contributed by atoms with Gasteiger partial charge in [0.25, 0.3) is 5.22 Å². The van der Waals surface area contributed by atoms with Gasteiger partial charge in [0.05, 0.1) is 6.61 Å². The van der Waals surface area contributed by atoms with Gasteiger partial charge in [-0.1, -0.05) is 47.0 Å². The Bertz CT molecular complexity index is 582. The van der Waals surface area contributed by atoms with Crippen LogP contribution < -0.4 is 4.74 Å². The van der Waals surface area contributed by atoms with E-state index in [1.807, 2.05) is 24.3 Å². The van der Waals surface area contributed by atoms with E-state index in [1.165, 1.54) is 32.1 Å². The summed E-state index contributed by atoms with van der Waals surface area (Å²) in [5.41, 5.74) is 0. The lowest BCUT2D eigenvalue weighted by molar-refractivity contribution is 0.331. The summed E-state index contributed by atoms with van der Waals surface area (Å²) in [4.78, 5) is 0. The van der Waals surface area contributed by atoms with Gasteiger partial charge < -0.3 is 9.15 Å². The van der Waals surface area contributed by atoms with Gasteiger partial charge in [0.1, 0.15) is 5.75 Å². The molecule has 118 valence electrons. The monoisotopic (exact) mass is 382 g/mol. The number of halogens is 1. The predicted octanol–water partition coefficient (Wildman–Crippen LogP) is 5.05. The normalized spacial score (nSPS) is 15.9. The lowest BCUT2D eigenvalue weighted by Crippen LogP contribution is -2.04. The minimum atomic E-state index is 0.467. The molecular weight excluding hydrogens is 364 g/mol. The molecular formula is C16H19BrN2O2S. The number of aromatic nitrogens is 2. The van der Waals surface area contributed by atoms with Crippen LogP contribution in [0.5, 0.6) is 5.75 Å². The quantitative estimate of drug-likeness (QED) is 0.516. The molecule has 0 amide bonds. The van der Waals surface area contributed by atoms with Crippen LogP contribution in [-0.4, -0.2) is 22.6 Å². The van der Waals surface area contributed by atoms with E-state index >= 15 is 0 Å². The molecule has 0 spiro atoms. The van der Waals surface area contributed by atoms with Crippen molar-refractivity contribution in [1.29, 1.82) is 0 Å². The Labute approximate surface area is 143 Å². The molecule has 22 heavy (non-hydrogen) atoms. The second-order valence-corrected chi connectivity index (χ2v) is 7.35. The van der Waals surface area contributed by atoms with E-state index in [-0.39, 0.29) is 0 Å². The van der Waals surface area contributed by atoms with Crippen LogP contribution in [-0.2, 0) is 0 Å². The van der Waals surface area contributed by atoms with Gasteiger partial charge in [-0.05, 0) is 37.1 Å². The minimum Gasteiger partial charge on any atom is -0.493 e. The van der Waals surface area contributed by atoms with Crippen LogP contribution in [0.25, 0.3) is 0 Å². The van der Waals surface area contributed by atoms with Crippen LogP contribution in [0.3, 0.4) is 0 Å². The maximum Gasteiger partial charge on any atom is 0.276 e. The number of ether oxygens (including phenoxy) is 1. The molecule has 1 aliphatic rings.